The highest BCUT2D eigenvalue weighted by atomic mass is 16.5. The van der Waals surface area contributed by atoms with E-state index in [9.17, 15) is 14.4 Å². The Kier molecular flexibility index (Phi) is 8.73. The van der Waals surface area contributed by atoms with Crippen LogP contribution in [0.5, 0.6) is 5.75 Å². The second-order valence-corrected chi connectivity index (χ2v) is 11.5. The van der Waals surface area contributed by atoms with Gasteiger partial charge in [0.1, 0.15) is 23.4 Å². The predicted molar refractivity (Wildman–Crippen MR) is 151 cm³/mol. The molecule has 9 nitrogen and oxygen atoms in total. The van der Waals surface area contributed by atoms with Crippen molar-refractivity contribution in [3.8, 4) is 5.75 Å². The third-order valence-corrected chi connectivity index (χ3v) is 7.92. The SMILES string of the molecule is COC(=O)[C@@H]1C[C@]2(OC)CN1C(=O)[C@H](C(C)(C)C)NC(=O)OCCCC=CCc1c(OC)ccc3ccc2cc13. The molecule has 2 aliphatic heterocycles. The molecule has 2 aromatic carbocycles. The summed E-state index contributed by atoms with van der Waals surface area (Å²) in [7, 11) is 4.55. The first kappa shape index (κ1) is 29.4. The molecule has 0 spiro atoms. The van der Waals surface area contributed by atoms with Gasteiger partial charge in [0.15, 0.2) is 0 Å². The highest BCUT2D eigenvalue weighted by molar-refractivity contribution is 5.92. The summed E-state index contributed by atoms with van der Waals surface area (Å²) >= 11 is 0. The smallest absolute Gasteiger partial charge is 0.407 e. The summed E-state index contributed by atoms with van der Waals surface area (Å²) in [6.07, 6.45) is 5.71. The summed E-state index contributed by atoms with van der Waals surface area (Å²) in [5.74, 6) is -0.161. The number of ether oxygens (including phenoxy) is 4. The van der Waals surface area contributed by atoms with Crippen molar-refractivity contribution in [2.24, 2.45) is 5.41 Å². The molecule has 0 unspecified atom stereocenters. The zero-order valence-electron chi connectivity index (χ0n) is 24.2. The molecule has 2 aliphatic rings. The molecule has 1 fully saturated rings. The van der Waals surface area contributed by atoms with Crippen molar-refractivity contribution in [2.75, 3.05) is 34.5 Å². The summed E-state index contributed by atoms with van der Waals surface area (Å²) in [5, 5.41) is 4.82. The van der Waals surface area contributed by atoms with Gasteiger partial charge < -0.3 is 29.2 Å². The zero-order chi connectivity index (χ0) is 29.1. The Labute approximate surface area is 235 Å². The molecule has 0 radical (unpaired) electrons. The molecule has 40 heavy (non-hydrogen) atoms. The number of benzene rings is 2. The average molecular weight is 553 g/mol. The Morgan fingerprint density at radius 2 is 1.85 bits per heavy atom. The van der Waals surface area contributed by atoms with Gasteiger partial charge in [0, 0.05) is 19.1 Å². The topological polar surface area (TPSA) is 103 Å². The number of carbonyl (C=O) groups excluding carboxylic acids is 3. The van der Waals surface area contributed by atoms with Crippen molar-refractivity contribution in [3.63, 3.8) is 0 Å². The largest absolute Gasteiger partial charge is 0.496 e. The van der Waals surface area contributed by atoms with Crippen LogP contribution < -0.4 is 10.1 Å². The second-order valence-electron chi connectivity index (χ2n) is 11.5. The quantitative estimate of drug-likeness (QED) is 0.442. The molecule has 9 heteroatoms. The lowest BCUT2D eigenvalue weighted by molar-refractivity contribution is -0.152. The van der Waals surface area contributed by atoms with Crippen LogP contribution in [0.15, 0.2) is 42.5 Å². The number of fused-ring (bicyclic) bond motifs is 4. The first-order valence-electron chi connectivity index (χ1n) is 13.7. The Bertz CT molecular complexity index is 1300. The van der Waals surface area contributed by atoms with E-state index in [1.54, 1.807) is 14.2 Å². The number of nitrogens with zero attached hydrogens (tertiary/aromatic N) is 1. The third kappa shape index (κ3) is 5.80. The molecular weight excluding hydrogens is 512 g/mol. The van der Waals surface area contributed by atoms with Gasteiger partial charge in [0.05, 0.1) is 27.4 Å². The number of methoxy groups -OCH3 is 3. The van der Waals surface area contributed by atoms with Crippen LogP contribution in [0.25, 0.3) is 10.8 Å². The van der Waals surface area contributed by atoms with Gasteiger partial charge in [-0.25, -0.2) is 9.59 Å². The minimum atomic E-state index is -0.979. The Morgan fingerprint density at radius 3 is 2.52 bits per heavy atom. The third-order valence-electron chi connectivity index (χ3n) is 7.92. The zero-order valence-corrected chi connectivity index (χ0v) is 24.2. The first-order chi connectivity index (χ1) is 19.0. The molecule has 0 aliphatic carbocycles. The standard InChI is InChI=1S/C31H40N2O7/c1-30(2,3)26-27(34)33-19-31(39-6,18-24(33)28(35)38-5)21-14-12-20-13-15-25(37-4)22(23(20)17-21)11-9-7-8-10-16-40-29(36)32-26/h7,9,12-15,17,24,26H,8,10-11,16,18-19H2,1-6H3,(H,32,36)/t24-,26+,31-/m0/s1. The number of rotatable bonds is 3. The molecule has 0 saturated carbocycles. The van der Waals surface area contributed by atoms with Crippen molar-refractivity contribution in [1.29, 1.82) is 0 Å². The van der Waals surface area contributed by atoms with E-state index in [1.807, 2.05) is 45.0 Å². The van der Waals surface area contributed by atoms with Crippen molar-refractivity contribution < 1.29 is 33.3 Å². The molecular formula is C31H40N2O7. The number of amides is 2. The number of esters is 1. The van der Waals surface area contributed by atoms with E-state index in [4.69, 9.17) is 18.9 Å². The molecule has 2 heterocycles. The Hall–Kier alpha value is -3.59. The fourth-order valence-corrected chi connectivity index (χ4v) is 5.63. The molecule has 1 N–H and O–H groups in total. The van der Waals surface area contributed by atoms with E-state index in [0.29, 0.717) is 12.8 Å². The lowest BCUT2D eigenvalue weighted by Gasteiger charge is -2.35. The van der Waals surface area contributed by atoms with Gasteiger partial charge in [-0.3, -0.25) is 4.79 Å². The number of nitrogens with one attached hydrogen (secondary N) is 1. The van der Waals surface area contributed by atoms with Crippen molar-refractivity contribution in [3.05, 3.63) is 53.6 Å². The Balaban J connectivity index is 1.88. The predicted octanol–water partition coefficient (Wildman–Crippen LogP) is 4.50. The minimum absolute atomic E-state index is 0.107. The summed E-state index contributed by atoms with van der Waals surface area (Å²) in [6, 6.07) is 8.24. The van der Waals surface area contributed by atoms with E-state index >= 15 is 0 Å². The highest BCUT2D eigenvalue weighted by Gasteiger charge is 2.53. The fraction of sp³-hybridized carbons (Fsp3) is 0.516. The number of carbonyl (C=O) groups is 3. The van der Waals surface area contributed by atoms with Crippen LogP contribution in [0.3, 0.4) is 0 Å². The van der Waals surface area contributed by atoms with Gasteiger partial charge in [0.2, 0.25) is 5.91 Å². The van der Waals surface area contributed by atoms with Crippen LogP contribution in [0.4, 0.5) is 4.79 Å². The molecule has 4 rings (SSSR count). The lowest BCUT2D eigenvalue weighted by Crippen LogP contribution is -2.57. The molecule has 216 valence electrons. The molecule has 1 saturated heterocycles. The van der Waals surface area contributed by atoms with E-state index < -0.39 is 41.1 Å². The maximum absolute atomic E-state index is 14.1. The number of cyclic esters (lactones) is 1. The van der Waals surface area contributed by atoms with Crippen molar-refractivity contribution >= 4 is 28.7 Å². The summed E-state index contributed by atoms with van der Waals surface area (Å²) in [6.45, 7) is 5.90. The number of hydrogen-bond donors (Lipinski definition) is 1. The van der Waals surface area contributed by atoms with Gasteiger partial charge in [-0.1, -0.05) is 51.1 Å². The lowest BCUT2D eigenvalue weighted by atomic mass is 9.85. The van der Waals surface area contributed by atoms with Gasteiger partial charge in [-0.15, -0.1) is 0 Å². The Morgan fingerprint density at radius 1 is 1.10 bits per heavy atom. The van der Waals surface area contributed by atoms with Crippen LogP contribution in [-0.4, -0.2) is 69.4 Å². The van der Waals surface area contributed by atoms with Gasteiger partial charge in [-0.05, 0) is 53.1 Å². The number of hydrogen-bond acceptors (Lipinski definition) is 7. The van der Waals surface area contributed by atoms with Gasteiger partial charge in [-0.2, -0.15) is 0 Å². The van der Waals surface area contributed by atoms with Crippen molar-refractivity contribution in [1.82, 2.24) is 10.2 Å². The molecule has 2 amide bonds. The van der Waals surface area contributed by atoms with E-state index in [0.717, 1.165) is 34.1 Å². The average Bonchev–Trinajstić information content (AvgIpc) is 3.34. The van der Waals surface area contributed by atoms with Crippen LogP contribution >= 0.6 is 0 Å². The first-order valence-corrected chi connectivity index (χ1v) is 13.7. The van der Waals surface area contributed by atoms with Crippen LogP contribution in [0.1, 0.15) is 51.2 Å². The summed E-state index contributed by atoms with van der Waals surface area (Å²) in [5.41, 5.74) is 0.232. The minimum Gasteiger partial charge on any atom is -0.496 e. The number of allylic oxidation sites excluding steroid dienone is 2. The molecule has 0 aromatic heterocycles. The summed E-state index contributed by atoms with van der Waals surface area (Å²) in [4.78, 5) is 41.3. The fourth-order valence-electron chi connectivity index (χ4n) is 5.63. The van der Waals surface area contributed by atoms with Crippen molar-refractivity contribution in [2.45, 2.75) is 64.1 Å². The maximum atomic E-state index is 14.1. The molecule has 2 aromatic rings. The van der Waals surface area contributed by atoms with Gasteiger partial charge >= 0.3 is 12.1 Å². The van der Waals surface area contributed by atoms with E-state index in [1.165, 1.54) is 12.0 Å². The number of alkyl carbamates (subject to hydrolysis) is 1. The van der Waals surface area contributed by atoms with E-state index in [2.05, 4.69) is 23.5 Å². The van der Waals surface area contributed by atoms with Crippen LogP contribution in [0, 0.1) is 5.41 Å². The summed E-state index contributed by atoms with van der Waals surface area (Å²) < 4.78 is 22.4. The van der Waals surface area contributed by atoms with Crippen LogP contribution in [-0.2, 0) is 35.8 Å². The molecule has 3 atom stereocenters. The van der Waals surface area contributed by atoms with E-state index in [-0.39, 0.29) is 19.6 Å². The second kappa shape index (κ2) is 11.9. The highest BCUT2D eigenvalue weighted by Crippen LogP contribution is 2.42. The monoisotopic (exact) mass is 552 g/mol. The molecule has 4 bridgehead atoms. The maximum Gasteiger partial charge on any atom is 0.407 e. The van der Waals surface area contributed by atoms with Gasteiger partial charge in [0.25, 0.3) is 0 Å². The van der Waals surface area contributed by atoms with Crippen LogP contribution in [0.2, 0.25) is 0 Å². The normalized spacial score (nSPS) is 24.3.